The summed E-state index contributed by atoms with van der Waals surface area (Å²) >= 11 is 1.66. The normalized spacial score (nSPS) is 21.3. The van der Waals surface area contributed by atoms with E-state index in [4.69, 9.17) is 9.72 Å². The number of pyridine rings is 1. The van der Waals surface area contributed by atoms with E-state index in [9.17, 15) is 14.7 Å². The molecule has 2 heterocycles. The van der Waals surface area contributed by atoms with E-state index >= 15 is 0 Å². The fourth-order valence-corrected chi connectivity index (χ4v) is 6.40. The summed E-state index contributed by atoms with van der Waals surface area (Å²) in [4.78, 5) is 31.4. The first-order chi connectivity index (χ1) is 16.0. The molecule has 0 atom stereocenters. The Kier molecular flexibility index (Phi) is 8.04. The number of carbonyl (C=O) groups is 2. The molecule has 2 aliphatic carbocycles. The SMILES string of the molecule is CCCSc1nc(N2CCC(C3(OC(=O)O)CCC3)CC2)ccc1C(=O)NC1CCCCC1. The van der Waals surface area contributed by atoms with Crippen LogP contribution < -0.4 is 10.2 Å². The van der Waals surface area contributed by atoms with Gasteiger partial charge in [-0.05, 0) is 69.3 Å². The maximum absolute atomic E-state index is 13.0. The number of piperidine rings is 1. The van der Waals surface area contributed by atoms with Crippen molar-refractivity contribution >= 4 is 29.6 Å². The first-order valence-electron chi connectivity index (χ1n) is 12.6. The van der Waals surface area contributed by atoms with E-state index in [0.29, 0.717) is 5.56 Å². The molecular formula is C25H37N3O4S. The van der Waals surface area contributed by atoms with Crippen LogP contribution in [0, 0.1) is 5.92 Å². The maximum Gasteiger partial charge on any atom is 0.506 e. The minimum atomic E-state index is -1.15. The molecule has 1 aromatic rings. The predicted octanol–water partition coefficient (Wildman–Crippen LogP) is 5.48. The van der Waals surface area contributed by atoms with E-state index in [1.807, 2.05) is 12.1 Å². The molecule has 4 rings (SSSR count). The van der Waals surface area contributed by atoms with Gasteiger partial charge in [0, 0.05) is 25.0 Å². The van der Waals surface area contributed by atoms with Crippen molar-refractivity contribution in [1.29, 1.82) is 0 Å². The minimum Gasteiger partial charge on any atom is -0.450 e. The number of amides is 1. The van der Waals surface area contributed by atoms with Gasteiger partial charge in [0.25, 0.3) is 5.91 Å². The molecule has 2 N–H and O–H groups in total. The number of nitrogens with one attached hydrogen (secondary N) is 1. The number of anilines is 1. The van der Waals surface area contributed by atoms with E-state index in [0.717, 1.165) is 81.1 Å². The summed E-state index contributed by atoms with van der Waals surface area (Å²) in [5.41, 5.74) is 0.204. The number of ether oxygens (including phenoxy) is 1. The van der Waals surface area contributed by atoms with Gasteiger partial charge in [-0.25, -0.2) is 9.78 Å². The zero-order chi connectivity index (χ0) is 23.3. The summed E-state index contributed by atoms with van der Waals surface area (Å²) in [6.45, 7) is 3.79. The van der Waals surface area contributed by atoms with E-state index in [1.54, 1.807) is 11.8 Å². The van der Waals surface area contributed by atoms with Gasteiger partial charge < -0.3 is 20.1 Å². The summed E-state index contributed by atoms with van der Waals surface area (Å²) in [5.74, 6) is 2.10. The van der Waals surface area contributed by atoms with Gasteiger partial charge >= 0.3 is 6.16 Å². The lowest BCUT2D eigenvalue weighted by Crippen LogP contribution is -2.52. The molecule has 2 saturated carbocycles. The van der Waals surface area contributed by atoms with E-state index in [-0.39, 0.29) is 17.9 Å². The van der Waals surface area contributed by atoms with Crippen molar-refractivity contribution in [2.75, 3.05) is 23.7 Å². The third-order valence-electron chi connectivity index (χ3n) is 7.53. The highest BCUT2D eigenvalue weighted by Gasteiger charge is 2.48. The molecule has 3 fully saturated rings. The fourth-order valence-electron chi connectivity index (χ4n) is 5.53. The standard InChI is InChI=1S/C25H37N3O4S/c1-2-17-33-23-20(22(29)26-19-7-4-3-5-8-19)9-10-21(27-23)28-15-11-18(12-16-28)25(13-6-14-25)32-24(30)31/h9-10,18-19H,2-8,11-17H2,1H3,(H,26,29)(H,30,31). The predicted molar refractivity (Wildman–Crippen MR) is 130 cm³/mol. The zero-order valence-electron chi connectivity index (χ0n) is 19.7. The molecule has 0 spiro atoms. The van der Waals surface area contributed by atoms with E-state index in [2.05, 4.69) is 17.1 Å². The Hall–Kier alpha value is -1.96. The highest BCUT2D eigenvalue weighted by molar-refractivity contribution is 7.99. The van der Waals surface area contributed by atoms with Crippen LogP contribution in [-0.2, 0) is 4.74 Å². The van der Waals surface area contributed by atoms with Crippen LogP contribution in [0.15, 0.2) is 17.2 Å². The zero-order valence-corrected chi connectivity index (χ0v) is 20.5. The van der Waals surface area contributed by atoms with Crippen LogP contribution in [0.2, 0.25) is 0 Å². The Morgan fingerprint density at radius 1 is 1.15 bits per heavy atom. The average Bonchev–Trinajstić information content (AvgIpc) is 2.80. The Morgan fingerprint density at radius 3 is 2.48 bits per heavy atom. The van der Waals surface area contributed by atoms with Crippen LogP contribution in [0.5, 0.6) is 0 Å². The molecule has 3 aliphatic rings. The molecule has 8 heteroatoms. The summed E-state index contributed by atoms with van der Waals surface area (Å²) in [7, 11) is 0. The highest BCUT2D eigenvalue weighted by atomic mass is 32.2. The van der Waals surface area contributed by atoms with Gasteiger partial charge in [-0.15, -0.1) is 11.8 Å². The van der Waals surface area contributed by atoms with Crippen molar-refractivity contribution < 1.29 is 19.4 Å². The molecule has 0 radical (unpaired) electrons. The molecule has 1 saturated heterocycles. The van der Waals surface area contributed by atoms with Crippen molar-refractivity contribution in [2.24, 2.45) is 5.92 Å². The number of rotatable bonds is 8. The van der Waals surface area contributed by atoms with Crippen LogP contribution in [-0.4, -0.2) is 52.6 Å². The molecular weight excluding hydrogens is 438 g/mol. The number of nitrogens with zero attached hydrogens (tertiary/aromatic N) is 2. The van der Waals surface area contributed by atoms with Crippen molar-refractivity contribution in [3.8, 4) is 0 Å². The molecule has 182 valence electrons. The second-order valence-electron chi connectivity index (χ2n) is 9.73. The smallest absolute Gasteiger partial charge is 0.450 e. The van der Waals surface area contributed by atoms with Gasteiger partial charge in [0.1, 0.15) is 16.4 Å². The Labute approximate surface area is 201 Å². The van der Waals surface area contributed by atoms with Crippen molar-refractivity contribution in [1.82, 2.24) is 10.3 Å². The number of hydrogen-bond donors (Lipinski definition) is 2. The van der Waals surface area contributed by atoms with Crippen LogP contribution in [0.4, 0.5) is 10.6 Å². The molecule has 7 nitrogen and oxygen atoms in total. The number of carbonyl (C=O) groups excluding carboxylic acids is 1. The molecule has 1 aliphatic heterocycles. The average molecular weight is 476 g/mol. The fraction of sp³-hybridized carbons (Fsp3) is 0.720. The lowest BCUT2D eigenvalue weighted by molar-refractivity contribution is -0.112. The van der Waals surface area contributed by atoms with Crippen molar-refractivity contribution in [3.63, 3.8) is 0 Å². The van der Waals surface area contributed by atoms with Crippen molar-refractivity contribution in [2.45, 2.75) is 94.2 Å². The lowest BCUT2D eigenvalue weighted by atomic mass is 9.67. The Bertz CT molecular complexity index is 831. The number of carboxylic acid groups (broad SMARTS) is 1. The van der Waals surface area contributed by atoms with E-state index in [1.165, 1.54) is 19.3 Å². The first kappa shape index (κ1) is 24.2. The van der Waals surface area contributed by atoms with Gasteiger partial charge in [-0.2, -0.15) is 0 Å². The van der Waals surface area contributed by atoms with Gasteiger partial charge in [0.15, 0.2) is 0 Å². The van der Waals surface area contributed by atoms with Gasteiger partial charge in [0.2, 0.25) is 0 Å². The second-order valence-corrected chi connectivity index (χ2v) is 10.8. The Morgan fingerprint density at radius 2 is 1.88 bits per heavy atom. The summed E-state index contributed by atoms with van der Waals surface area (Å²) < 4.78 is 5.36. The molecule has 1 aromatic heterocycles. The van der Waals surface area contributed by atoms with Gasteiger partial charge in [-0.3, -0.25) is 4.79 Å². The van der Waals surface area contributed by atoms with Crippen molar-refractivity contribution in [3.05, 3.63) is 17.7 Å². The molecule has 0 aromatic carbocycles. The Balaban J connectivity index is 1.42. The topological polar surface area (TPSA) is 91.8 Å². The van der Waals surface area contributed by atoms with E-state index < -0.39 is 11.8 Å². The number of thioether (sulfide) groups is 1. The summed E-state index contributed by atoms with van der Waals surface area (Å²) in [5, 5.41) is 13.2. The molecule has 0 unspecified atom stereocenters. The summed E-state index contributed by atoms with van der Waals surface area (Å²) in [6, 6.07) is 4.19. The van der Waals surface area contributed by atoms with Gasteiger partial charge in [0.05, 0.1) is 5.56 Å². The summed E-state index contributed by atoms with van der Waals surface area (Å²) in [6.07, 6.45) is 10.2. The van der Waals surface area contributed by atoms with Crippen LogP contribution >= 0.6 is 11.8 Å². The van der Waals surface area contributed by atoms with Crippen LogP contribution in [0.3, 0.4) is 0 Å². The third-order valence-corrected chi connectivity index (χ3v) is 8.72. The molecule has 0 bridgehead atoms. The third kappa shape index (κ3) is 5.76. The second kappa shape index (κ2) is 11.0. The van der Waals surface area contributed by atoms with Gasteiger partial charge in [-0.1, -0.05) is 26.2 Å². The first-order valence-corrected chi connectivity index (χ1v) is 13.6. The molecule has 1 amide bonds. The number of aromatic nitrogens is 1. The van der Waals surface area contributed by atoms with Crippen LogP contribution in [0.1, 0.15) is 87.9 Å². The highest BCUT2D eigenvalue weighted by Crippen LogP contribution is 2.46. The maximum atomic E-state index is 13.0. The largest absolute Gasteiger partial charge is 0.506 e. The quantitative estimate of drug-likeness (QED) is 0.380. The van der Waals surface area contributed by atoms with Crippen LogP contribution in [0.25, 0.3) is 0 Å². The lowest BCUT2D eigenvalue weighted by Gasteiger charge is -2.48. The molecule has 33 heavy (non-hydrogen) atoms. The number of hydrogen-bond acceptors (Lipinski definition) is 6. The minimum absolute atomic E-state index is 0.00370. The monoisotopic (exact) mass is 475 g/mol.